The summed E-state index contributed by atoms with van der Waals surface area (Å²) in [6.07, 6.45) is 3.80. The summed E-state index contributed by atoms with van der Waals surface area (Å²) in [5.41, 5.74) is 8.24. The molecule has 1 unspecified atom stereocenters. The van der Waals surface area contributed by atoms with E-state index in [0.717, 1.165) is 22.6 Å². The molecular weight excluding hydrogens is 252 g/mol. The molecule has 5 nitrogen and oxygen atoms in total. The number of aliphatic imine (C=N–C) groups is 2. The highest BCUT2D eigenvalue weighted by molar-refractivity contribution is 6.49. The summed E-state index contributed by atoms with van der Waals surface area (Å²) in [5, 5.41) is 3.10. The first-order valence-electron chi connectivity index (χ1n) is 6.53. The summed E-state index contributed by atoms with van der Waals surface area (Å²) in [6.45, 7) is 2.64. The summed E-state index contributed by atoms with van der Waals surface area (Å²) in [5.74, 6) is -0.408. The van der Waals surface area contributed by atoms with Crippen molar-refractivity contribution < 1.29 is 4.79 Å². The molecule has 3 N–H and O–H groups in total. The third kappa shape index (κ3) is 2.11. The first kappa shape index (κ1) is 12.6. The normalized spacial score (nSPS) is 23.6. The average molecular weight is 268 g/mol. The number of primary amides is 1. The van der Waals surface area contributed by atoms with Crippen LogP contribution in [-0.4, -0.2) is 23.9 Å². The van der Waals surface area contributed by atoms with Gasteiger partial charge in [0.05, 0.1) is 24.4 Å². The Morgan fingerprint density at radius 1 is 1.35 bits per heavy atom. The van der Waals surface area contributed by atoms with Crippen molar-refractivity contribution in [3.05, 3.63) is 47.7 Å². The number of fused-ring (bicyclic) bond motifs is 1. The lowest BCUT2D eigenvalue weighted by Crippen LogP contribution is -2.28. The van der Waals surface area contributed by atoms with E-state index in [2.05, 4.69) is 15.3 Å². The summed E-state index contributed by atoms with van der Waals surface area (Å²) >= 11 is 0. The van der Waals surface area contributed by atoms with E-state index in [1.54, 1.807) is 0 Å². The second kappa shape index (κ2) is 4.59. The molecule has 102 valence electrons. The van der Waals surface area contributed by atoms with Gasteiger partial charge in [-0.1, -0.05) is 29.8 Å². The largest absolute Gasteiger partial charge is 0.385 e. The van der Waals surface area contributed by atoms with Crippen molar-refractivity contribution in [1.29, 1.82) is 0 Å². The zero-order chi connectivity index (χ0) is 14.2. The van der Waals surface area contributed by atoms with Crippen molar-refractivity contribution in [3.8, 4) is 0 Å². The minimum atomic E-state index is -0.902. The number of nitrogens with two attached hydrogens (primary N) is 1. The van der Waals surface area contributed by atoms with Crippen molar-refractivity contribution in [1.82, 2.24) is 5.32 Å². The van der Waals surface area contributed by atoms with Crippen molar-refractivity contribution >= 4 is 17.3 Å². The molecule has 0 aliphatic carbocycles. The van der Waals surface area contributed by atoms with E-state index < -0.39 is 11.6 Å². The lowest BCUT2D eigenvalue weighted by molar-refractivity contribution is -0.119. The minimum Gasteiger partial charge on any atom is -0.385 e. The van der Waals surface area contributed by atoms with E-state index in [0.29, 0.717) is 6.54 Å². The molecule has 20 heavy (non-hydrogen) atoms. The number of amides is 1. The van der Waals surface area contributed by atoms with Crippen molar-refractivity contribution in [2.24, 2.45) is 15.7 Å². The summed E-state index contributed by atoms with van der Waals surface area (Å²) in [7, 11) is 0. The molecule has 1 aromatic rings. The summed E-state index contributed by atoms with van der Waals surface area (Å²) < 4.78 is 0. The molecule has 2 heterocycles. The van der Waals surface area contributed by atoms with Crippen molar-refractivity contribution in [2.75, 3.05) is 6.54 Å². The number of benzene rings is 1. The van der Waals surface area contributed by atoms with Crippen LogP contribution in [0.25, 0.3) is 0 Å². The number of nitrogens with one attached hydrogen (secondary N) is 1. The zero-order valence-corrected chi connectivity index (χ0v) is 11.3. The molecule has 0 saturated carbocycles. The van der Waals surface area contributed by atoms with Gasteiger partial charge in [-0.05, 0) is 19.2 Å². The standard InChI is InChI=1S/C15H16N4O/c1-10-2-4-11(5-3-10)15(8-14(16)20)18-12-6-7-17-9-13(12)19-15/h2-7,17H,8-9H2,1H3,(H2,16,20). The smallest absolute Gasteiger partial charge is 0.222 e. The van der Waals surface area contributed by atoms with Gasteiger partial charge in [0, 0.05) is 5.56 Å². The van der Waals surface area contributed by atoms with Crippen LogP contribution in [0.3, 0.4) is 0 Å². The van der Waals surface area contributed by atoms with Crippen LogP contribution in [0, 0.1) is 6.92 Å². The first-order chi connectivity index (χ1) is 9.59. The molecule has 5 heteroatoms. The van der Waals surface area contributed by atoms with Gasteiger partial charge in [-0.3, -0.25) is 9.79 Å². The van der Waals surface area contributed by atoms with Gasteiger partial charge in [-0.15, -0.1) is 0 Å². The number of hydrogen-bond donors (Lipinski definition) is 2. The van der Waals surface area contributed by atoms with Crippen LogP contribution >= 0.6 is 0 Å². The SMILES string of the molecule is Cc1ccc(C2(CC(N)=O)N=C3C=CNCC3=N2)cc1. The number of carbonyl (C=O) groups excluding carboxylic acids is 1. The molecule has 0 aromatic heterocycles. The number of nitrogens with zero attached hydrogens (tertiary/aromatic N) is 2. The van der Waals surface area contributed by atoms with E-state index in [1.165, 1.54) is 0 Å². The topological polar surface area (TPSA) is 79.8 Å². The van der Waals surface area contributed by atoms with Gasteiger partial charge in [0.2, 0.25) is 5.91 Å². The predicted molar refractivity (Wildman–Crippen MR) is 78.7 cm³/mol. The molecule has 0 bridgehead atoms. The maximum atomic E-state index is 11.5. The number of allylic oxidation sites excluding steroid dienone is 1. The van der Waals surface area contributed by atoms with Crippen LogP contribution in [0.1, 0.15) is 17.5 Å². The fourth-order valence-corrected chi connectivity index (χ4v) is 2.50. The molecule has 2 aliphatic rings. The highest BCUT2D eigenvalue weighted by Gasteiger charge is 2.39. The molecule has 1 amide bonds. The monoisotopic (exact) mass is 268 g/mol. The molecule has 1 atom stereocenters. The van der Waals surface area contributed by atoms with E-state index in [-0.39, 0.29) is 6.42 Å². The van der Waals surface area contributed by atoms with Gasteiger partial charge in [0.25, 0.3) is 0 Å². The first-order valence-corrected chi connectivity index (χ1v) is 6.53. The van der Waals surface area contributed by atoms with Crippen LogP contribution in [0.15, 0.2) is 46.5 Å². The second-order valence-corrected chi connectivity index (χ2v) is 5.10. The fraction of sp³-hybridized carbons (Fsp3) is 0.267. The minimum absolute atomic E-state index is 0.0803. The van der Waals surface area contributed by atoms with Gasteiger partial charge in [0.1, 0.15) is 0 Å². The lowest BCUT2D eigenvalue weighted by atomic mass is 9.96. The Morgan fingerprint density at radius 3 is 2.75 bits per heavy atom. The van der Waals surface area contributed by atoms with Crippen LogP contribution in [0.2, 0.25) is 0 Å². The number of rotatable bonds is 3. The maximum absolute atomic E-state index is 11.5. The number of carbonyl (C=O) groups is 1. The van der Waals surface area contributed by atoms with Crippen molar-refractivity contribution in [2.45, 2.75) is 19.0 Å². The van der Waals surface area contributed by atoms with E-state index in [4.69, 9.17) is 5.73 Å². The van der Waals surface area contributed by atoms with E-state index >= 15 is 0 Å². The fourth-order valence-electron chi connectivity index (χ4n) is 2.50. The Balaban J connectivity index is 2.10. The quantitative estimate of drug-likeness (QED) is 0.858. The highest BCUT2D eigenvalue weighted by Crippen LogP contribution is 2.36. The highest BCUT2D eigenvalue weighted by atomic mass is 16.1. The van der Waals surface area contributed by atoms with Crippen molar-refractivity contribution in [3.63, 3.8) is 0 Å². The number of aryl methyl sites for hydroxylation is 1. The van der Waals surface area contributed by atoms with Crippen LogP contribution in [0.5, 0.6) is 0 Å². The Hall–Kier alpha value is -2.43. The molecule has 0 fully saturated rings. The lowest BCUT2D eigenvalue weighted by Gasteiger charge is -2.22. The van der Waals surface area contributed by atoms with Gasteiger partial charge in [0.15, 0.2) is 5.66 Å². The third-order valence-corrected chi connectivity index (χ3v) is 3.48. The van der Waals surface area contributed by atoms with Crippen LogP contribution in [0.4, 0.5) is 0 Å². The molecule has 0 spiro atoms. The van der Waals surface area contributed by atoms with Gasteiger partial charge in [-0.2, -0.15) is 0 Å². The Kier molecular flexibility index (Phi) is 2.89. The third-order valence-electron chi connectivity index (χ3n) is 3.48. The van der Waals surface area contributed by atoms with Gasteiger partial charge < -0.3 is 11.1 Å². The van der Waals surface area contributed by atoms with Crippen LogP contribution in [-0.2, 0) is 10.5 Å². The number of hydrogen-bond acceptors (Lipinski definition) is 4. The Labute approximate surface area is 117 Å². The Bertz CT molecular complexity index is 642. The predicted octanol–water partition coefficient (Wildman–Crippen LogP) is 1.04. The maximum Gasteiger partial charge on any atom is 0.222 e. The molecule has 2 aliphatic heterocycles. The zero-order valence-electron chi connectivity index (χ0n) is 11.3. The molecule has 0 saturated heterocycles. The van der Waals surface area contributed by atoms with Gasteiger partial charge in [-0.25, -0.2) is 4.99 Å². The molecule has 0 radical (unpaired) electrons. The molecule has 3 rings (SSSR count). The Morgan fingerprint density at radius 2 is 2.10 bits per heavy atom. The second-order valence-electron chi connectivity index (χ2n) is 5.10. The molecular formula is C15H16N4O. The molecule has 1 aromatic carbocycles. The van der Waals surface area contributed by atoms with Gasteiger partial charge >= 0.3 is 0 Å². The van der Waals surface area contributed by atoms with E-state index in [1.807, 2.05) is 43.5 Å². The van der Waals surface area contributed by atoms with E-state index in [9.17, 15) is 4.79 Å². The summed E-state index contributed by atoms with van der Waals surface area (Å²) in [4.78, 5) is 20.8. The summed E-state index contributed by atoms with van der Waals surface area (Å²) in [6, 6.07) is 7.91. The van der Waals surface area contributed by atoms with Crippen LogP contribution < -0.4 is 11.1 Å². The average Bonchev–Trinajstić information content (AvgIpc) is 2.77.